The number of rotatable bonds is 7. The topological polar surface area (TPSA) is 29.5 Å². The van der Waals surface area contributed by atoms with Crippen molar-refractivity contribution in [1.82, 2.24) is 4.90 Å². The van der Waals surface area contributed by atoms with Crippen LogP contribution < -0.4 is 4.74 Å². The van der Waals surface area contributed by atoms with E-state index in [4.69, 9.17) is 4.74 Å². The van der Waals surface area contributed by atoms with E-state index < -0.39 is 0 Å². The fraction of sp³-hybridized carbons (Fsp3) is 0.435. The average Bonchev–Trinajstić information content (AvgIpc) is 2.91. The van der Waals surface area contributed by atoms with Crippen LogP contribution in [0.15, 0.2) is 54.6 Å². The lowest BCUT2D eigenvalue weighted by molar-refractivity contribution is -0.125. The van der Waals surface area contributed by atoms with E-state index in [-0.39, 0.29) is 11.7 Å². The van der Waals surface area contributed by atoms with Gasteiger partial charge < -0.3 is 4.74 Å². The number of ether oxygens (including phenoxy) is 1. The highest BCUT2D eigenvalue weighted by atomic mass is 19.1. The number of hydrogen-bond donors (Lipinski definition) is 0. The summed E-state index contributed by atoms with van der Waals surface area (Å²) in [7, 11) is 0. The molecule has 3 nitrogen and oxygen atoms in total. The Hall–Kier alpha value is -2.20. The fourth-order valence-electron chi connectivity index (χ4n) is 4.59. The molecule has 0 amide bonds. The molecule has 4 rings (SSSR count). The molecule has 2 aromatic carbocycles. The highest BCUT2D eigenvalue weighted by Gasteiger charge is 2.42. The number of carbonyl (C=O) groups excluding carboxylic acids is 1. The van der Waals surface area contributed by atoms with E-state index in [1.165, 1.54) is 30.5 Å². The van der Waals surface area contributed by atoms with Gasteiger partial charge in [0, 0.05) is 31.0 Å². The number of carbonyl (C=O) groups is 1. The Bertz CT molecular complexity index is 748. The molecule has 2 aliphatic heterocycles. The number of nitrogens with zero attached hydrogens (tertiary/aromatic N) is 1. The summed E-state index contributed by atoms with van der Waals surface area (Å²) in [5.74, 6) is 0.804. The van der Waals surface area contributed by atoms with Gasteiger partial charge in [0.2, 0.25) is 0 Å². The summed E-state index contributed by atoms with van der Waals surface area (Å²) in [6.45, 7) is 1.36. The van der Waals surface area contributed by atoms with Crippen LogP contribution in [0.25, 0.3) is 0 Å². The lowest BCUT2D eigenvalue weighted by atomic mass is 9.86. The summed E-state index contributed by atoms with van der Waals surface area (Å²) in [4.78, 5) is 15.3. The standard InChI is InChI=1S/C23H26FNO2/c24-19-6-10-22(11-7-19)27-13-12-23(26)18-14-20-8-9-21(15-18)25(20)16-17-4-2-1-3-5-17/h1-7,10-11,18,20-21H,8-9,12-16H2. The van der Waals surface area contributed by atoms with Crippen molar-refractivity contribution in [2.45, 2.75) is 50.7 Å². The van der Waals surface area contributed by atoms with Gasteiger partial charge in [-0.3, -0.25) is 9.69 Å². The second kappa shape index (κ2) is 8.22. The molecule has 27 heavy (non-hydrogen) atoms. The lowest BCUT2D eigenvalue weighted by Gasteiger charge is -2.38. The Morgan fingerprint density at radius 3 is 2.33 bits per heavy atom. The van der Waals surface area contributed by atoms with Gasteiger partial charge in [0.25, 0.3) is 0 Å². The molecule has 2 unspecified atom stereocenters. The quantitative estimate of drug-likeness (QED) is 0.716. The van der Waals surface area contributed by atoms with Gasteiger partial charge in [-0.2, -0.15) is 0 Å². The number of halogens is 1. The summed E-state index contributed by atoms with van der Waals surface area (Å²) in [6, 6.07) is 17.6. The first-order valence-corrected chi connectivity index (χ1v) is 9.90. The molecule has 0 radical (unpaired) electrons. The highest BCUT2D eigenvalue weighted by molar-refractivity contribution is 5.81. The van der Waals surface area contributed by atoms with Crippen LogP contribution in [0.1, 0.15) is 37.7 Å². The number of fused-ring (bicyclic) bond motifs is 2. The van der Waals surface area contributed by atoms with Crippen molar-refractivity contribution in [3.63, 3.8) is 0 Å². The fourth-order valence-corrected chi connectivity index (χ4v) is 4.59. The number of ketones is 1. The summed E-state index contributed by atoms with van der Waals surface area (Å²) in [5, 5.41) is 0. The molecule has 2 fully saturated rings. The lowest BCUT2D eigenvalue weighted by Crippen LogP contribution is -2.44. The highest BCUT2D eigenvalue weighted by Crippen LogP contribution is 2.40. The maximum atomic E-state index is 12.9. The Labute approximate surface area is 160 Å². The second-order valence-corrected chi connectivity index (χ2v) is 7.73. The second-order valence-electron chi connectivity index (χ2n) is 7.73. The van der Waals surface area contributed by atoms with Crippen LogP contribution in [-0.2, 0) is 11.3 Å². The van der Waals surface area contributed by atoms with E-state index >= 15 is 0 Å². The minimum absolute atomic E-state index is 0.159. The van der Waals surface area contributed by atoms with E-state index in [2.05, 4.69) is 35.2 Å². The van der Waals surface area contributed by atoms with Crippen LogP contribution in [0.5, 0.6) is 5.75 Å². The molecule has 0 aliphatic carbocycles. The zero-order valence-corrected chi connectivity index (χ0v) is 15.5. The van der Waals surface area contributed by atoms with Gasteiger partial charge in [-0.25, -0.2) is 4.39 Å². The molecule has 0 saturated carbocycles. The first-order chi connectivity index (χ1) is 13.2. The van der Waals surface area contributed by atoms with E-state index in [1.807, 2.05) is 0 Å². The summed E-state index contributed by atoms with van der Waals surface area (Å²) in [5.41, 5.74) is 1.35. The first kappa shape index (κ1) is 18.2. The predicted molar refractivity (Wildman–Crippen MR) is 103 cm³/mol. The maximum absolute atomic E-state index is 12.9. The van der Waals surface area contributed by atoms with Crippen molar-refractivity contribution in [3.05, 3.63) is 66.0 Å². The molecule has 0 N–H and O–H groups in total. The molecular formula is C23H26FNO2. The zero-order chi connectivity index (χ0) is 18.6. The molecule has 2 heterocycles. The third kappa shape index (κ3) is 4.38. The maximum Gasteiger partial charge on any atom is 0.139 e. The van der Waals surface area contributed by atoms with Crippen LogP contribution in [0, 0.1) is 11.7 Å². The van der Waals surface area contributed by atoms with Crippen LogP contribution in [-0.4, -0.2) is 29.4 Å². The smallest absolute Gasteiger partial charge is 0.139 e. The normalized spacial score (nSPS) is 24.7. The van der Waals surface area contributed by atoms with Gasteiger partial charge in [-0.15, -0.1) is 0 Å². The van der Waals surface area contributed by atoms with Gasteiger partial charge in [-0.05, 0) is 55.5 Å². The van der Waals surface area contributed by atoms with Gasteiger partial charge in [0.15, 0.2) is 0 Å². The molecule has 2 bridgehead atoms. The van der Waals surface area contributed by atoms with Crippen molar-refractivity contribution in [2.24, 2.45) is 5.92 Å². The third-order valence-corrected chi connectivity index (χ3v) is 5.98. The number of benzene rings is 2. The Kier molecular flexibility index (Phi) is 5.53. The van der Waals surface area contributed by atoms with Crippen LogP contribution in [0.2, 0.25) is 0 Å². The summed E-state index contributed by atoms with van der Waals surface area (Å²) in [6.07, 6.45) is 4.78. The van der Waals surface area contributed by atoms with Crippen molar-refractivity contribution in [1.29, 1.82) is 0 Å². The van der Waals surface area contributed by atoms with E-state index in [0.717, 1.165) is 19.4 Å². The van der Waals surface area contributed by atoms with Crippen molar-refractivity contribution >= 4 is 5.78 Å². The monoisotopic (exact) mass is 367 g/mol. The first-order valence-electron chi connectivity index (χ1n) is 9.90. The van der Waals surface area contributed by atoms with Crippen LogP contribution in [0.3, 0.4) is 0 Å². The van der Waals surface area contributed by atoms with Crippen LogP contribution in [0.4, 0.5) is 4.39 Å². The molecular weight excluding hydrogens is 341 g/mol. The summed E-state index contributed by atoms with van der Waals surface area (Å²) < 4.78 is 18.5. The van der Waals surface area contributed by atoms with Crippen molar-refractivity contribution in [2.75, 3.05) is 6.61 Å². The molecule has 2 aliphatic rings. The average molecular weight is 367 g/mol. The molecule has 0 aromatic heterocycles. The van der Waals surface area contributed by atoms with Crippen LogP contribution >= 0.6 is 0 Å². The molecule has 4 heteroatoms. The number of piperidine rings is 1. The predicted octanol–water partition coefficient (Wildman–Crippen LogP) is 4.61. The zero-order valence-electron chi connectivity index (χ0n) is 15.5. The number of Topliss-reactive ketones (excluding diaryl/α,β-unsaturated/α-hetero) is 1. The van der Waals surface area contributed by atoms with Crippen molar-refractivity contribution in [3.8, 4) is 5.75 Å². The SMILES string of the molecule is O=C(CCOc1ccc(F)cc1)C1CC2CCC(C1)N2Cc1ccccc1. The van der Waals surface area contributed by atoms with Gasteiger partial charge in [0.1, 0.15) is 17.3 Å². The third-order valence-electron chi connectivity index (χ3n) is 5.98. The Morgan fingerprint density at radius 1 is 1.00 bits per heavy atom. The Morgan fingerprint density at radius 2 is 1.67 bits per heavy atom. The minimum atomic E-state index is -0.281. The van der Waals surface area contributed by atoms with Gasteiger partial charge in [0.05, 0.1) is 6.61 Å². The van der Waals surface area contributed by atoms with E-state index in [0.29, 0.717) is 36.6 Å². The van der Waals surface area contributed by atoms with E-state index in [9.17, 15) is 9.18 Å². The molecule has 2 aromatic rings. The van der Waals surface area contributed by atoms with Gasteiger partial charge in [-0.1, -0.05) is 30.3 Å². The molecule has 2 saturated heterocycles. The Balaban J connectivity index is 1.27. The number of hydrogen-bond acceptors (Lipinski definition) is 3. The van der Waals surface area contributed by atoms with E-state index in [1.54, 1.807) is 12.1 Å². The molecule has 0 spiro atoms. The molecule has 2 atom stereocenters. The molecule has 142 valence electrons. The largest absolute Gasteiger partial charge is 0.493 e. The van der Waals surface area contributed by atoms with Crippen molar-refractivity contribution < 1.29 is 13.9 Å². The van der Waals surface area contributed by atoms with Gasteiger partial charge >= 0.3 is 0 Å². The minimum Gasteiger partial charge on any atom is -0.493 e. The summed E-state index contributed by atoms with van der Waals surface area (Å²) >= 11 is 0.